The Kier molecular flexibility index (Phi) is 3.65. The zero-order chi connectivity index (χ0) is 9.68. The van der Waals surface area contributed by atoms with E-state index in [0.717, 1.165) is 24.0 Å². The first-order valence-corrected chi connectivity index (χ1v) is 4.42. The van der Waals surface area contributed by atoms with Crippen molar-refractivity contribution < 1.29 is 4.79 Å². The smallest absolute Gasteiger partial charge is 0.142 e. The van der Waals surface area contributed by atoms with Crippen LogP contribution in [0.4, 0.5) is 0 Å². The van der Waals surface area contributed by atoms with Gasteiger partial charge in [-0.15, -0.1) is 0 Å². The van der Waals surface area contributed by atoms with E-state index in [0.29, 0.717) is 5.02 Å². The second-order valence-corrected chi connectivity index (χ2v) is 2.97. The van der Waals surface area contributed by atoms with Crippen LogP contribution >= 0.6 is 11.6 Å². The van der Waals surface area contributed by atoms with Crippen LogP contribution in [-0.4, -0.2) is 11.3 Å². The van der Waals surface area contributed by atoms with Crippen LogP contribution in [0, 0.1) is 0 Å². The second kappa shape index (κ2) is 4.77. The van der Waals surface area contributed by atoms with Crippen LogP contribution in [-0.2, 0) is 11.2 Å². The van der Waals surface area contributed by atoms with Gasteiger partial charge in [0.15, 0.2) is 0 Å². The van der Waals surface area contributed by atoms with E-state index in [9.17, 15) is 4.79 Å². The average molecular weight is 196 g/mol. The fourth-order valence-electron chi connectivity index (χ4n) is 1.07. The van der Waals surface area contributed by atoms with E-state index >= 15 is 0 Å². The standard InChI is InChI=1S/C10H10ClNO/c1-2-10-8(4-3-5-13)6-9(11)7-12-10/h3-7H,2H2,1H3. The highest BCUT2D eigenvalue weighted by atomic mass is 35.5. The zero-order valence-corrected chi connectivity index (χ0v) is 8.08. The second-order valence-electron chi connectivity index (χ2n) is 2.54. The molecule has 1 heterocycles. The molecule has 0 saturated heterocycles. The Bertz CT molecular complexity index is 334. The molecule has 0 N–H and O–H groups in total. The van der Waals surface area contributed by atoms with Crippen molar-refractivity contribution in [2.45, 2.75) is 13.3 Å². The number of hydrogen-bond donors (Lipinski definition) is 0. The topological polar surface area (TPSA) is 30.0 Å². The van der Waals surface area contributed by atoms with Crippen molar-refractivity contribution in [2.24, 2.45) is 0 Å². The Morgan fingerprint density at radius 3 is 3.00 bits per heavy atom. The van der Waals surface area contributed by atoms with Gasteiger partial charge in [0, 0.05) is 11.9 Å². The van der Waals surface area contributed by atoms with Crippen LogP contribution in [0.25, 0.3) is 6.08 Å². The molecule has 0 radical (unpaired) electrons. The Labute approximate surface area is 82.3 Å². The third-order valence-corrected chi connectivity index (χ3v) is 1.87. The number of rotatable bonds is 3. The maximum atomic E-state index is 10.1. The highest BCUT2D eigenvalue weighted by Crippen LogP contribution is 2.14. The third kappa shape index (κ3) is 2.67. The number of aryl methyl sites for hydroxylation is 1. The number of aromatic nitrogens is 1. The molecule has 0 fully saturated rings. The predicted molar refractivity (Wildman–Crippen MR) is 53.7 cm³/mol. The summed E-state index contributed by atoms with van der Waals surface area (Å²) in [6.45, 7) is 2.01. The number of allylic oxidation sites excluding steroid dienone is 1. The highest BCUT2D eigenvalue weighted by molar-refractivity contribution is 6.30. The van der Waals surface area contributed by atoms with E-state index < -0.39 is 0 Å². The van der Waals surface area contributed by atoms with Crippen LogP contribution in [0.15, 0.2) is 18.3 Å². The molecule has 0 aliphatic heterocycles. The summed E-state index contributed by atoms with van der Waals surface area (Å²) < 4.78 is 0. The van der Waals surface area contributed by atoms with Crippen molar-refractivity contribution in [1.82, 2.24) is 4.98 Å². The first-order chi connectivity index (χ1) is 6.27. The number of carbonyl (C=O) groups excluding carboxylic acids is 1. The van der Waals surface area contributed by atoms with Crippen molar-refractivity contribution in [1.29, 1.82) is 0 Å². The van der Waals surface area contributed by atoms with Gasteiger partial charge >= 0.3 is 0 Å². The van der Waals surface area contributed by atoms with Crippen LogP contribution in [0.5, 0.6) is 0 Å². The lowest BCUT2D eigenvalue weighted by Gasteiger charge is -2.01. The molecule has 1 aromatic rings. The Morgan fingerprint density at radius 2 is 2.38 bits per heavy atom. The first-order valence-electron chi connectivity index (χ1n) is 4.04. The third-order valence-electron chi connectivity index (χ3n) is 1.66. The van der Waals surface area contributed by atoms with Crippen LogP contribution in [0.3, 0.4) is 0 Å². The summed E-state index contributed by atoms with van der Waals surface area (Å²) in [4.78, 5) is 14.3. The summed E-state index contributed by atoms with van der Waals surface area (Å²) in [6, 6.07) is 1.80. The number of hydrogen-bond acceptors (Lipinski definition) is 2. The fourth-order valence-corrected chi connectivity index (χ4v) is 1.23. The number of carbonyl (C=O) groups is 1. The summed E-state index contributed by atoms with van der Waals surface area (Å²) in [5.41, 5.74) is 1.85. The molecule has 0 aromatic carbocycles. The summed E-state index contributed by atoms with van der Waals surface area (Å²) in [5.74, 6) is 0. The Balaban J connectivity index is 3.07. The van der Waals surface area contributed by atoms with E-state index in [4.69, 9.17) is 11.6 Å². The van der Waals surface area contributed by atoms with Crippen molar-refractivity contribution in [3.05, 3.63) is 34.6 Å². The Morgan fingerprint density at radius 1 is 1.62 bits per heavy atom. The molecule has 0 aliphatic rings. The lowest BCUT2D eigenvalue weighted by Crippen LogP contribution is -1.90. The molecule has 0 aliphatic carbocycles. The molecule has 3 heteroatoms. The van der Waals surface area contributed by atoms with Gasteiger partial charge < -0.3 is 0 Å². The predicted octanol–water partition coefficient (Wildman–Crippen LogP) is 2.51. The number of pyridine rings is 1. The van der Waals surface area contributed by atoms with Crippen molar-refractivity contribution in [3.8, 4) is 0 Å². The van der Waals surface area contributed by atoms with Gasteiger partial charge in [-0.1, -0.05) is 18.5 Å². The molecule has 0 spiro atoms. The van der Waals surface area contributed by atoms with Gasteiger partial charge in [0.05, 0.1) is 5.02 Å². The lowest BCUT2D eigenvalue weighted by molar-refractivity contribution is -0.104. The molecular formula is C10H10ClNO. The molecule has 2 nitrogen and oxygen atoms in total. The zero-order valence-electron chi connectivity index (χ0n) is 7.33. The molecular weight excluding hydrogens is 186 g/mol. The van der Waals surface area contributed by atoms with Crippen molar-refractivity contribution in [2.75, 3.05) is 0 Å². The minimum Gasteiger partial charge on any atom is -0.299 e. The first kappa shape index (κ1) is 9.93. The van der Waals surface area contributed by atoms with Gasteiger partial charge in [-0.2, -0.15) is 0 Å². The summed E-state index contributed by atoms with van der Waals surface area (Å²) in [6.07, 6.45) is 6.33. The van der Waals surface area contributed by atoms with Gasteiger partial charge in [-0.05, 0) is 30.2 Å². The molecule has 1 aromatic heterocycles. The van der Waals surface area contributed by atoms with Crippen LogP contribution in [0.1, 0.15) is 18.2 Å². The molecule has 0 saturated carbocycles. The minimum atomic E-state index is 0.586. The average Bonchev–Trinajstić information content (AvgIpc) is 2.15. The number of halogens is 1. The molecule has 0 atom stereocenters. The summed E-state index contributed by atoms with van der Waals surface area (Å²) >= 11 is 5.77. The van der Waals surface area contributed by atoms with Gasteiger partial charge in [-0.25, -0.2) is 0 Å². The molecule has 1 rings (SSSR count). The van der Waals surface area contributed by atoms with E-state index in [-0.39, 0.29) is 0 Å². The van der Waals surface area contributed by atoms with Gasteiger partial charge in [0.1, 0.15) is 6.29 Å². The lowest BCUT2D eigenvalue weighted by atomic mass is 10.1. The number of nitrogens with zero attached hydrogens (tertiary/aromatic N) is 1. The van der Waals surface area contributed by atoms with E-state index in [1.165, 1.54) is 6.08 Å². The molecule has 0 unspecified atom stereocenters. The van der Waals surface area contributed by atoms with Gasteiger partial charge in [0.25, 0.3) is 0 Å². The maximum absolute atomic E-state index is 10.1. The molecule has 0 amide bonds. The number of aldehydes is 1. The summed E-state index contributed by atoms with van der Waals surface area (Å²) in [7, 11) is 0. The van der Waals surface area contributed by atoms with Crippen LogP contribution in [0.2, 0.25) is 5.02 Å². The Hall–Kier alpha value is -1.15. The van der Waals surface area contributed by atoms with E-state index in [2.05, 4.69) is 4.98 Å². The van der Waals surface area contributed by atoms with Crippen molar-refractivity contribution >= 4 is 24.0 Å². The maximum Gasteiger partial charge on any atom is 0.142 e. The summed E-state index contributed by atoms with van der Waals surface area (Å²) in [5, 5.41) is 0.586. The van der Waals surface area contributed by atoms with E-state index in [1.807, 2.05) is 6.92 Å². The fraction of sp³-hybridized carbons (Fsp3) is 0.200. The van der Waals surface area contributed by atoms with Crippen LogP contribution < -0.4 is 0 Å². The monoisotopic (exact) mass is 195 g/mol. The highest BCUT2D eigenvalue weighted by Gasteiger charge is 1.99. The van der Waals surface area contributed by atoms with Gasteiger partial charge in [-0.3, -0.25) is 9.78 Å². The largest absolute Gasteiger partial charge is 0.299 e. The normalized spacial score (nSPS) is 10.6. The van der Waals surface area contributed by atoms with E-state index in [1.54, 1.807) is 18.3 Å². The van der Waals surface area contributed by atoms with Crippen molar-refractivity contribution in [3.63, 3.8) is 0 Å². The molecule has 0 bridgehead atoms. The quantitative estimate of drug-likeness (QED) is 0.548. The SMILES string of the molecule is CCc1ncc(Cl)cc1C=CC=O. The molecule has 68 valence electrons. The minimum absolute atomic E-state index is 0.586. The molecule has 13 heavy (non-hydrogen) atoms. The van der Waals surface area contributed by atoms with Gasteiger partial charge in [0.2, 0.25) is 0 Å².